The van der Waals surface area contributed by atoms with Crippen LogP contribution in [-0.2, 0) is 14.4 Å². The maximum atomic E-state index is 12.0. The van der Waals surface area contributed by atoms with Gasteiger partial charge in [-0.1, -0.05) is 0 Å². The molecule has 0 spiro atoms. The number of nitro benzene ring substituents is 1. The van der Waals surface area contributed by atoms with E-state index in [0.29, 0.717) is 11.4 Å². The average Bonchev–Trinajstić information content (AvgIpc) is 2.67. The van der Waals surface area contributed by atoms with E-state index in [1.54, 1.807) is 24.3 Å². The van der Waals surface area contributed by atoms with E-state index in [2.05, 4.69) is 10.6 Å². The molecule has 2 aromatic rings. The number of amides is 2. The van der Waals surface area contributed by atoms with Crippen LogP contribution in [0.5, 0.6) is 0 Å². The van der Waals surface area contributed by atoms with Crippen LogP contribution in [0.1, 0.15) is 6.92 Å². The molecule has 0 aliphatic rings. The second kappa shape index (κ2) is 10.0. The maximum absolute atomic E-state index is 12.0. The highest BCUT2D eigenvalue weighted by Gasteiger charge is 2.08. The fourth-order valence-electron chi connectivity index (χ4n) is 2.08. The molecule has 0 aromatic heterocycles. The van der Waals surface area contributed by atoms with Crippen molar-refractivity contribution in [1.82, 2.24) is 0 Å². The summed E-state index contributed by atoms with van der Waals surface area (Å²) in [4.78, 5) is 45.3. The molecule has 0 saturated heterocycles. The molecule has 0 bridgehead atoms. The Hall–Kier alpha value is -3.66. The van der Waals surface area contributed by atoms with Crippen LogP contribution in [0.2, 0.25) is 0 Å². The number of nitrogens with one attached hydrogen (secondary N) is 2. The Morgan fingerprint density at radius 3 is 2.14 bits per heavy atom. The lowest BCUT2D eigenvalue weighted by molar-refractivity contribution is -0.384. The van der Waals surface area contributed by atoms with Gasteiger partial charge in [-0.15, -0.1) is 11.8 Å². The number of carbonyl (C=O) groups excluding carboxylic acids is 2. The summed E-state index contributed by atoms with van der Waals surface area (Å²) < 4.78 is 0. The van der Waals surface area contributed by atoms with Gasteiger partial charge < -0.3 is 15.7 Å². The van der Waals surface area contributed by atoms with Crippen molar-refractivity contribution < 1.29 is 24.4 Å². The van der Waals surface area contributed by atoms with E-state index in [0.717, 1.165) is 11.0 Å². The van der Waals surface area contributed by atoms with Gasteiger partial charge in [-0.3, -0.25) is 19.7 Å². The van der Waals surface area contributed by atoms with Gasteiger partial charge in [0.05, 0.1) is 10.7 Å². The second-order valence-corrected chi connectivity index (χ2v) is 6.84. The van der Waals surface area contributed by atoms with Crippen LogP contribution in [0.4, 0.5) is 17.1 Å². The van der Waals surface area contributed by atoms with Crippen molar-refractivity contribution in [2.45, 2.75) is 11.8 Å². The molecule has 0 heterocycles. The zero-order valence-corrected chi connectivity index (χ0v) is 16.1. The van der Waals surface area contributed by atoms with Gasteiger partial charge in [0.2, 0.25) is 11.8 Å². The number of nitro groups is 1. The lowest BCUT2D eigenvalue weighted by atomic mass is 10.2. The Balaban J connectivity index is 1.84. The summed E-state index contributed by atoms with van der Waals surface area (Å²) in [5, 5.41) is 24.6. The molecule has 0 aliphatic carbocycles. The minimum absolute atomic E-state index is 0.0573. The first-order chi connectivity index (χ1) is 13.7. The van der Waals surface area contributed by atoms with Gasteiger partial charge in [0, 0.05) is 40.1 Å². The molecule has 0 atom stereocenters. The first-order valence-electron chi connectivity index (χ1n) is 8.24. The molecular weight excluding hydrogens is 398 g/mol. The van der Waals surface area contributed by atoms with E-state index in [4.69, 9.17) is 5.11 Å². The van der Waals surface area contributed by atoms with Crippen LogP contribution in [0.25, 0.3) is 0 Å². The number of thioether (sulfide) groups is 1. The van der Waals surface area contributed by atoms with Gasteiger partial charge in [0.25, 0.3) is 5.69 Å². The van der Waals surface area contributed by atoms with E-state index in [9.17, 15) is 24.5 Å². The number of carboxylic acids is 1. The number of rotatable bonds is 8. The van der Waals surface area contributed by atoms with Crippen LogP contribution in [0.15, 0.2) is 65.1 Å². The van der Waals surface area contributed by atoms with Crippen molar-refractivity contribution in [3.05, 3.63) is 70.3 Å². The third-order valence-corrected chi connectivity index (χ3v) is 4.55. The third-order valence-electron chi connectivity index (χ3n) is 3.54. The number of aliphatic carboxylic acids is 1. The molecule has 0 fully saturated rings. The molecule has 150 valence electrons. The number of benzene rings is 2. The number of hydrogen-bond acceptors (Lipinski definition) is 6. The van der Waals surface area contributed by atoms with Crippen molar-refractivity contribution in [2.24, 2.45) is 0 Å². The van der Waals surface area contributed by atoms with Crippen LogP contribution < -0.4 is 10.6 Å². The van der Waals surface area contributed by atoms with Gasteiger partial charge in [0.1, 0.15) is 0 Å². The van der Waals surface area contributed by atoms with Crippen LogP contribution in [0, 0.1) is 10.1 Å². The Labute approximate surface area is 170 Å². The zero-order valence-electron chi connectivity index (χ0n) is 15.2. The monoisotopic (exact) mass is 415 g/mol. The lowest BCUT2D eigenvalue weighted by Crippen LogP contribution is -2.13. The summed E-state index contributed by atoms with van der Waals surface area (Å²) in [6.07, 6.45) is 0.994. The number of nitrogens with zero attached hydrogens (tertiary/aromatic N) is 1. The van der Waals surface area contributed by atoms with Crippen molar-refractivity contribution in [3.63, 3.8) is 0 Å². The van der Waals surface area contributed by atoms with Gasteiger partial charge in [-0.25, -0.2) is 4.79 Å². The van der Waals surface area contributed by atoms with E-state index >= 15 is 0 Å². The molecule has 0 radical (unpaired) electrons. The van der Waals surface area contributed by atoms with Gasteiger partial charge in [-0.2, -0.15) is 0 Å². The van der Waals surface area contributed by atoms with Crippen LogP contribution >= 0.6 is 11.8 Å². The highest BCUT2D eigenvalue weighted by molar-refractivity contribution is 8.00. The molecule has 2 rings (SSSR count). The van der Waals surface area contributed by atoms with Crippen molar-refractivity contribution >= 4 is 46.6 Å². The molecule has 2 amide bonds. The zero-order chi connectivity index (χ0) is 21.4. The molecule has 29 heavy (non-hydrogen) atoms. The molecule has 2 aromatic carbocycles. The molecule has 9 nitrogen and oxygen atoms in total. The summed E-state index contributed by atoms with van der Waals surface area (Å²) in [5.74, 6) is -1.86. The summed E-state index contributed by atoms with van der Waals surface area (Å²) in [5.41, 5.74) is 0.819. The highest BCUT2D eigenvalue weighted by Crippen LogP contribution is 2.21. The fourth-order valence-corrected chi connectivity index (χ4v) is 2.78. The average molecular weight is 415 g/mol. The van der Waals surface area contributed by atoms with E-state index in [1.807, 2.05) is 0 Å². The Bertz CT molecular complexity index is 955. The normalized spacial score (nSPS) is 10.9. The SMILES string of the molecule is C/C(=C\C(=O)Nc1ccc(SCC(=O)Nc2ccc([N+](=O)[O-])cc2)cc1)C(=O)O. The minimum atomic E-state index is -1.17. The first-order valence-corrected chi connectivity index (χ1v) is 9.23. The van der Waals surface area contributed by atoms with Crippen molar-refractivity contribution in [1.29, 1.82) is 0 Å². The predicted octanol–water partition coefficient (Wildman–Crippen LogP) is 3.30. The number of non-ortho nitro benzene ring substituents is 1. The Morgan fingerprint density at radius 2 is 1.59 bits per heavy atom. The van der Waals surface area contributed by atoms with E-state index in [-0.39, 0.29) is 22.9 Å². The minimum Gasteiger partial charge on any atom is -0.478 e. The molecule has 0 saturated carbocycles. The van der Waals surface area contributed by atoms with Gasteiger partial charge >= 0.3 is 5.97 Å². The molecule has 10 heteroatoms. The lowest BCUT2D eigenvalue weighted by Gasteiger charge is -2.06. The number of hydrogen-bond donors (Lipinski definition) is 3. The van der Waals surface area contributed by atoms with E-state index < -0.39 is 16.8 Å². The number of carboxylic acid groups (broad SMARTS) is 1. The maximum Gasteiger partial charge on any atom is 0.331 e. The summed E-state index contributed by atoms with van der Waals surface area (Å²) >= 11 is 1.28. The van der Waals surface area contributed by atoms with Crippen molar-refractivity contribution in [3.8, 4) is 0 Å². The summed E-state index contributed by atoms with van der Waals surface area (Å²) in [6, 6.07) is 12.2. The smallest absolute Gasteiger partial charge is 0.331 e. The standard InChI is InChI=1S/C19H17N3O6S/c1-12(19(25)26)10-17(23)20-14-4-8-16(9-5-14)29-11-18(24)21-13-2-6-15(7-3-13)22(27)28/h2-10H,11H2,1H3,(H,20,23)(H,21,24)(H,25,26)/b12-10+. The van der Waals surface area contributed by atoms with Crippen LogP contribution in [-0.4, -0.2) is 33.6 Å². The molecular formula is C19H17N3O6S. The number of anilines is 2. The highest BCUT2D eigenvalue weighted by atomic mass is 32.2. The van der Waals surface area contributed by atoms with Crippen LogP contribution in [0.3, 0.4) is 0 Å². The van der Waals surface area contributed by atoms with Gasteiger partial charge in [-0.05, 0) is 43.3 Å². The fraction of sp³-hybridized carbons (Fsp3) is 0.105. The second-order valence-electron chi connectivity index (χ2n) is 5.79. The molecule has 0 aliphatic heterocycles. The largest absolute Gasteiger partial charge is 0.478 e. The topological polar surface area (TPSA) is 139 Å². The number of carbonyl (C=O) groups is 3. The van der Waals surface area contributed by atoms with Gasteiger partial charge in [0.15, 0.2) is 0 Å². The van der Waals surface area contributed by atoms with Crippen molar-refractivity contribution in [2.75, 3.05) is 16.4 Å². The predicted molar refractivity (Wildman–Crippen MR) is 109 cm³/mol. The quantitative estimate of drug-likeness (QED) is 0.260. The Kier molecular flexibility index (Phi) is 7.49. The molecule has 0 unspecified atom stereocenters. The third kappa shape index (κ3) is 7.11. The Morgan fingerprint density at radius 1 is 1.03 bits per heavy atom. The first kappa shape index (κ1) is 21.6. The molecule has 3 N–H and O–H groups in total. The summed E-state index contributed by atoms with van der Waals surface area (Å²) in [6.45, 7) is 1.32. The van der Waals surface area contributed by atoms with E-state index in [1.165, 1.54) is 43.0 Å². The summed E-state index contributed by atoms with van der Waals surface area (Å²) in [7, 11) is 0.